The summed E-state index contributed by atoms with van der Waals surface area (Å²) in [5, 5.41) is 14.0. The maximum atomic E-state index is 13.5. The van der Waals surface area contributed by atoms with Gasteiger partial charge >= 0.3 is 12.1 Å². The van der Waals surface area contributed by atoms with Crippen molar-refractivity contribution in [3.63, 3.8) is 0 Å². The zero-order chi connectivity index (χ0) is 26.5. The Morgan fingerprint density at radius 1 is 1.14 bits per heavy atom. The second-order valence-electron chi connectivity index (χ2n) is 7.97. The molecular formula is C21H16Cl4F6N2O2. The van der Waals surface area contributed by atoms with E-state index in [-0.39, 0.29) is 26.9 Å². The molecule has 4 nitrogen and oxygen atoms in total. The van der Waals surface area contributed by atoms with Gasteiger partial charge in [0.25, 0.3) is 0 Å². The largest absolute Gasteiger partial charge is 0.454 e. The lowest BCUT2D eigenvalue weighted by atomic mass is 10.1. The highest BCUT2D eigenvalue weighted by atomic mass is 35.5. The van der Waals surface area contributed by atoms with Crippen molar-refractivity contribution in [3.8, 4) is 0 Å². The number of anilines is 1. The van der Waals surface area contributed by atoms with Gasteiger partial charge in [-0.3, -0.25) is 10.1 Å². The van der Waals surface area contributed by atoms with Crippen molar-refractivity contribution >= 4 is 58.0 Å². The van der Waals surface area contributed by atoms with Crippen molar-refractivity contribution < 1.29 is 36.2 Å². The number of amides is 1. The number of aliphatic hydroxyl groups excluding tert-OH is 1. The van der Waals surface area contributed by atoms with E-state index in [2.05, 4.69) is 5.32 Å². The molecule has 1 aliphatic carbocycles. The van der Waals surface area contributed by atoms with Gasteiger partial charge in [-0.2, -0.15) is 22.0 Å². The maximum absolute atomic E-state index is 13.5. The summed E-state index contributed by atoms with van der Waals surface area (Å²) in [5.41, 5.74) is 0.492. The summed E-state index contributed by atoms with van der Waals surface area (Å²) in [5.74, 6) is -8.15. The van der Waals surface area contributed by atoms with Crippen molar-refractivity contribution in [2.24, 2.45) is 5.92 Å². The number of nitrogens with one attached hydrogen (secondary N) is 2. The van der Waals surface area contributed by atoms with Crippen LogP contribution >= 0.6 is 46.4 Å². The number of rotatable bonds is 7. The number of benzene rings is 2. The van der Waals surface area contributed by atoms with E-state index >= 15 is 0 Å². The van der Waals surface area contributed by atoms with E-state index in [0.717, 1.165) is 12.1 Å². The van der Waals surface area contributed by atoms with E-state index in [0.29, 0.717) is 5.56 Å². The van der Waals surface area contributed by atoms with Crippen LogP contribution in [0.1, 0.15) is 28.8 Å². The third kappa shape index (κ3) is 5.78. The third-order valence-corrected chi connectivity index (χ3v) is 7.16. The first kappa shape index (κ1) is 28.1. The van der Waals surface area contributed by atoms with Crippen LogP contribution < -0.4 is 10.6 Å². The molecule has 14 heteroatoms. The van der Waals surface area contributed by atoms with Crippen LogP contribution in [0.15, 0.2) is 30.3 Å². The number of carbonyl (C=O) groups is 1. The second kappa shape index (κ2) is 9.79. The average Bonchev–Trinajstić information content (AvgIpc) is 3.32. The molecule has 1 aliphatic rings. The van der Waals surface area contributed by atoms with Gasteiger partial charge < -0.3 is 10.4 Å². The minimum Gasteiger partial charge on any atom is -0.374 e. The molecule has 0 aliphatic heterocycles. The summed E-state index contributed by atoms with van der Waals surface area (Å²) in [6.07, 6.45) is -7.83. The van der Waals surface area contributed by atoms with Gasteiger partial charge in [0, 0.05) is 17.2 Å². The monoisotopic (exact) mass is 582 g/mol. The molecule has 192 valence electrons. The molecule has 3 rings (SSSR count). The molecule has 0 heterocycles. The lowest BCUT2D eigenvalue weighted by Crippen LogP contribution is -2.46. The van der Waals surface area contributed by atoms with Crippen molar-refractivity contribution in [1.82, 2.24) is 5.32 Å². The topological polar surface area (TPSA) is 61.4 Å². The Hall–Kier alpha value is -1.43. The van der Waals surface area contributed by atoms with E-state index in [9.17, 15) is 36.2 Å². The fourth-order valence-electron chi connectivity index (χ4n) is 3.50. The van der Waals surface area contributed by atoms with E-state index in [1.54, 1.807) is 5.32 Å². The van der Waals surface area contributed by atoms with Crippen LogP contribution in [-0.4, -0.2) is 34.0 Å². The van der Waals surface area contributed by atoms with E-state index in [1.807, 2.05) is 0 Å². The summed E-state index contributed by atoms with van der Waals surface area (Å²) in [7, 11) is 0. The van der Waals surface area contributed by atoms with Crippen LogP contribution in [0.4, 0.5) is 32.0 Å². The van der Waals surface area contributed by atoms with Crippen molar-refractivity contribution in [1.29, 1.82) is 0 Å². The Morgan fingerprint density at radius 2 is 1.77 bits per heavy atom. The van der Waals surface area contributed by atoms with E-state index in [1.165, 1.54) is 25.1 Å². The zero-order valence-corrected chi connectivity index (χ0v) is 20.5. The Balaban J connectivity index is 1.77. The third-order valence-electron chi connectivity index (χ3n) is 5.42. The van der Waals surface area contributed by atoms with Gasteiger partial charge in [-0.15, -0.1) is 23.2 Å². The first-order chi connectivity index (χ1) is 16.0. The predicted octanol–water partition coefficient (Wildman–Crippen LogP) is 6.75. The Kier molecular flexibility index (Phi) is 7.88. The number of halogens is 10. The first-order valence-corrected chi connectivity index (χ1v) is 11.3. The molecule has 3 N–H and O–H groups in total. The highest BCUT2D eigenvalue weighted by molar-refractivity contribution is 6.53. The molecule has 0 aromatic heterocycles. The average molecular weight is 584 g/mol. The van der Waals surface area contributed by atoms with Crippen LogP contribution in [0, 0.1) is 18.7 Å². The van der Waals surface area contributed by atoms with Crippen molar-refractivity contribution in [2.45, 2.75) is 35.5 Å². The Morgan fingerprint density at radius 3 is 2.34 bits per heavy atom. The number of aryl methyl sites for hydroxylation is 1. The number of carbonyl (C=O) groups excluding carboxylic acids is 1. The molecular weight excluding hydrogens is 568 g/mol. The summed E-state index contributed by atoms with van der Waals surface area (Å²) in [6.45, 7) is -0.443. The van der Waals surface area contributed by atoms with Crippen LogP contribution in [0.5, 0.6) is 0 Å². The SMILES string of the molecule is Cc1cc(NC(=O)C2C(c3ccc(F)c(Cl)c3)C2(Cl)Cl)cc(C(O)NCC(F)(F)C(F)(F)F)c1Cl. The van der Waals surface area contributed by atoms with E-state index < -0.39 is 52.8 Å². The van der Waals surface area contributed by atoms with Crippen LogP contribution in [-0.2, 0) is 4.79 Å². The lowest BCUT2D eigenvalue weighted by Gasteiger charge is -2.23. The van der Waals surface area contributed by atoms with E-state index in [4.69, 9.17) is 46.4 Å². The van der Waals surface area contributed by atoms with Gasteiger partial charge in [-0.05, 0) is 42.3 Å². The summed E-state index contributed by atoms with van der Waals surface area (Å²) < 4.78 is 75.4. The van der Waals surface area contributed by atoms with Gasteiger partial charge in [-0.1, -0.05) is 29.3 Å². The zero-order valence-electron chi connectivity index (χ0n) is 17.5. The highest BCUT2D eigenvalue weighted by Crippen LogP contribution is 2.65. The van der Waals surface area contributed by atoms with Crippen LogP contribution in [0.3, 0.4) is 0 Å². The van der Waals surface area contributed by atoms with Crippen LogP contribution in [0.25, 0.3) is 0 Å². The second-order valence-corrected chi connectivity index (χ2v) is 10.2. The van der Waals surface area contributed by atoms with Gasteiger partial charge in [0.15, 0.2) is 0 Å². The summed E-state index contributed by atoms with van der Waals surface area (Å²) >= 11 is 24.4. The smallest absolute Gasteiger partial charge is 0.374 e. The molecule has 1 amide bonds. The Labute approximate surface area is 215 Å². The molecule has 0 bridgehead atoms. The predicted molar refractivity (Wildman–Crippen MR) is 121 cm³/mol. The fraction of sp³-hybridized carbons (Fsp3) is 0.381. The molecule has 2 aromatic carbocycles. The lowest BCUT2D eigenvalue weighted by molar-refractivity contribution is -0.280. The molecule has 3 atom stereocenters. The molecule has 1 saturated carbocycles. The van der Waals surface area contributed by atoms with Crippen molar-refractivity contribution in [3.05, 3.63) is 62.9 Å². The standard InChI is InChI=1S/C21H16Cl4F6N2O2/c1-8-4-10(6-11(16(8)23)17(34)32-7-19(27,28)21(29,30)31)33-18(35)15-14(20(15,24)25)9-2-3-13(26)12(22)5-9/h2-6,14-15,17,32,34H,7H2,1H3,(H,33,35). The first-order valence-electron chi connectivity index (χ1n) is 9.77. The number of aliphatic hydroxyl groups is 1. The van der Waals surface area contributed by atoms with Gasteiger partial charge in [-0.25, -0.2) is 4.39 Å². The van der Waals surface area contributed by atoms with Crippen molar-refractivity contribution in [2.75, 3.05) is 11.9 Å². The van der Waals surface area contributed by atoms with Crippen LogP contribution in [0.2, 0.25) is 10.0 Å². The number of hydrogen-bond donors (Lipinski definition) is 3. The summed E-state index contributed by atoms with van der Waals surface area (Å²) in [6, 6.07) is 6.25. The molecule has 0 spiro atoms. The Bertz CT molecular complexity index is 1150. The number of alkyl halides is 7. The maximum Gasteiger partial charge on any atom is 0.454 e. The normalized spacial score (nSPS) is 20.5. The number of hydrogen-bond acceptors (Lipinski definition) is 3. The molecule has 1 fully saturated rings. The minimum atomic E-state index is -5.82. The fourth-order valence-corrected chi connectivity index (χ4v) is 4.73. The molecule has 0 saturated heterocycles. The molecule has 35 heavy (non-hydrogen) atoms. The van der Waals surface area contributed by atoms with Gasteiger partial charge in [0.1, 0.15) is 16.4 Å². The van der Waals surface area contributed by atoms with Gasteiger partial charge in [0.05, 0.1) is 22.5 Å². The molecule has 3 unspecified atom stereocenters. The quantitative estimate of drug-likeness (QED) is 0.192. The molecule has 0 radical (unpaired) electrons. The molecule has 2 aromatic rings. The minimum absolute atomic E-state index is 0.0438. The highest BCUT2D eigenvalue weighted by Gasteiger charge is 2.67. The summed E-state index contributed by atoms with van der Waals surface area (Å²) in [4.78, 5) is 12.8. The van der Waals surface area contributed by atoms with Gasteiger partial charge in [0.2, 0.25) is 5.91 Å².